The maximum atomic E-state index is 13.0. The fourth-order valence-electron chi connectivity index (χ4n) is 3.50. The van der Waals surface area contributed by atoms with Crippen LogP contribution < -0.4 is 0 Å². The average Bonchev–Trinajstić information content (AvgIpc) is 3.13. The Labute approximate surface area is 167 Å². The Kier molecular flexibility index (Phi) is 4.09. The second-order valence-electron chi connectivity index (χ2n) is 6.89. The lowest BCUT2D eigenvalue weighted by atomic mass is 10.1. The SMILES string of the molecule is CC1=NN(C(=O)c2ccncc2)C(=Nc2c3ccccc3nc3ccccc23)C1. The maximum Gasteiger partial charge on any atom is 0.279 e. The van der Waals surface area contributed by atoms with Gasteiger partial charge in [0.05, 0.1) is 16.7 Å². The van der Waals surface area contributed by atoms with Gasteiger partial charge in [-0.05, 0) is 31.2 Å². The zero-order valence-corrected chi connectivity index (χ0v) is 15.8. The Morgan fingerprint density at radius 2 is 1.55 bits per heavy atom. The summed E-state index contributed by atoms with van der Waals surface area (Å²) in [5.41, 5.74) is 3.91. The summed E-state index contributed by atoms with van der Waals surface area (Å²) < 4.78 is 0. The topological polar surface area (TPSA) is 70.8 Å². The lowest BCUT2D eigenvalue weighted by molar-refractivity contribution is 0.0853. The van der Waals surface area contributed by atoms with Crippen LogP contribution in [0.15, 0.2) is 83.2 Å². The standard InChI is InChI=1S/C23H17N5O/c1-15-14-21(28(27-15)23(29)16-10-12-24-13-11-16)26-22-17-6-2-4-8-19(17)25-20-9-5-3-7-18(20)22/h2-13H,14H2,1H3. The molecule has 0 bridgehead atoms. The predicted octanol–water partition coefficient (Wildman–Crippen LogP) is 4.74. The molecule has 1 aliphatic rings. The highest BCUT2D eigenvalue weighted by molar-refractivity contribution is 6.18. The summed E-state index contributed by atoms with van der Waals surface area (Å²) >= 11 is 0. The van der Waals surface area contributed by atoms with Crippen LogP contribution in [0.4, 0.5) is 5.69 Å². The largest absolute Gasteiger partial charge is 0.279 e. The van der Waals surface area contributed by atoms with Crippen LogP contribution >= 0.6 is 0 Å². The number of nitrogens with zero attached hydrogens (tertiary/aromatic N) is 5. The van der Waals surface area contributed by atoms with E-state index in [0.717, 1.165) is 33.2 Å². The quantitative estimate of drug-likeness (QED) is 0.473. The molecule has 0 saturated carbocycles. The molecule has 0 radical (unpaired) electrons. The van der Waals surface area contributed by atoms with Gasteiger partial charge in [-0.15, -0.1) is 0 Å². The van der Waals surface area contributed by atoms with Crippen molar-refractivity contribution < 1.29 is 4.79 Å². The fraction of sp³-hybridized carbons (Fsp3) is 0.0870. The predicted molar refractivity (Wildman–Crippen MR) is 114 cm³/mol. The zero-order chi connectivity index (χ0) is 19.8. The van der Waals surface area contributed by atoms with E-state index in [-0.39, 0.29) is 5.91 Å². The van der Waals surface area contributed by atoms with Gasteiger partial charge >= 0.3 is 0 Å². The summed E-state index contributed by atoms with van der Waals surface area (Å²) in [6.07, 6.45) is 3.71. The Morgan fingerprint density at radius 3 is 2.21 bits per heavy atom. The third kappa shape index (κ3) is 3.04. The summed E-state index contributed by atoms with van der Waals surface area (Å²) in [4.78, 5) is 26.7. The van der Waals surface area contributed by atoms with Gasteiger partial charge in [-0.2, -0.15) is 10.1 Å². The minimum Gasteiger partial charge on any atom is -0.267 e. The van der Waals surface area contributed by atoms with Crippen molar-refractivity contribution in [3.05, 3.63) is 78.6 Å². The van der Waals surface area contributed by atoms with Crippen LogP contribution in [0, 0.1) is 0 Å². The van der Waals surface area contributed by atoms with E-state index in [2.05, 4.69) is 10.1 Å². The first kappa shape index (κ1) is 17.2. The Balaban J connectivity index is 1.69. The van der Waals surface area contributed by atoms with Crippen molar-refractivity contribution in [2.75, 3.05) is 0 Å². The second-order valence-corrected chi connectivity index (χ2v) is 6.89. The Morgan fingerprint density at radius 1 is 0.931 bits per heavy atom. The summed E-state index contributed by atoms with van der Waals surface area (Å²) in [6, 6.07) is 19.2. The number of amidine groups is 1. The van der Waals surface area contributed by atoms with E-state index in [9.17, 15) is 4.79 Å². The average molecular weight is 379 g/mol. The first-order valence-corrected chi connectivity index (χ1v) is 9.34. The highest BCUT2D eigenvalue weighted by atomic mass is 16.2. The second kappa shape index (κ2) is 6.91. The number of hydrazone groups is 1. The molecule has 3 heterocycles. The minimum atomic E-state index is -0.217. The van der Waals surface area contributed by atoms with Crippen LogP contribution in [0.5, 0.6) is 0 Å². The molecule has 6 nitrogen and oxygen atoms in total. The molecule has 0 saturated heterocycles. The van der Waals surface area contributed by atoms with E-state index in [4.69, 9.17) is 9.98 Å². The number of carbonyl (C=O) groups is 1. The molecule has 0 spiro atoms. The number of fused-ring (bicyclic) bond motifs is 2. The van der Waals surface area contributed by atoms with E-state index < -0.39 is 0 Å². The normalized spacial score (nSPS) is 15.3. The molecule has 0 unspecified atom stereocenters. The molecular weight excluding hydrogens is 362 g/mol. The molecule has 1 amide bonds. The lowest BCUT2D eigenvalue weighted by Gasteiger charge is -2.14. The van der Waals surface area contributed by atoms with Crippen molar-refractivity contribution in [2.24, 2.45) is 10.1 Å². The molecule has 2 aromatic heterocycles. The number of carbonyl (C=O) groups excluding carboxylic acids is 1. The lowest BCUT2D eigenvalue weighted by Crippen LogP contribution is -2.28. The van der Waals surface area contributed by atoms with Gasteiger partial charge in [0.25, 0.3) is 5.91 Å². The number of benzene rings is 2. The van der Waals surface area contributed by atoms with E-state index in [1.54, 1.807) is 24.5 Å². The molecule has 5 rings (SSSR count). The van der Waals surface area contributed by atoms with Crippen LogP contribution in [0.3, 0.4) is 0 Å². The number of hydrogen-bond donors (Lipinski definition) is 0. The van der Waals surface area contributed by atoms with Crippen molar-refractivity contribution in [2.45, 2.75) is 13.3 Å². The molecule has 6 heteroatoms. The van der Waals surface area contributed by atoms with Crippen LogP contribution in [-0.2, 0) is 0 Å². The van der Waals surface area contributed by atoms with Gasteiger partial charge in [0.1, 0.15) is 5.84 Å². The van der Waals surface area contributed by atoms with Crippen LogP contribution in [-0.4, -0.2) is 32.4 Å². The highest BCUT2D eigenvalue weighted by Crippen LogP contribution is 2.34. The number of para-hydroxylation sites is 2. The molecule has 0 fully saturated rings. The summed E-state index contributed by atoms with van der Waals surface area (Å²) in [5, 5.41) is 7.72. The molecule has 4 aromatic rings. The van der Waals surface area contributed by atoms with Gasteiger partial charge < -0.3 is 0 Å². The number of amides is 1. The van der Waals surface area contributed by atoms with Crippen molar-refractivity contribution in [1.29, 1.82) is 0 Å². The number of pyridine rings is 2. The third-order valence-electron chi connectivity index (χ3n) is 4.85. The van der Waals surface area contributed by atoms with Gasteiger partial charge in [0.15, 0.2) is 0 Å². The first-order chi connectivity index (χ1) is 14.2. The van der Waals surface area contributed by atoms with Gasteiger partial charge in [0.2, 0.25) is 0 Å². The van der Waals surface area contributed by atoms with Crippen molar-refractivity contribution in [3.63, 3.8) is 0 Å². The van der Waals surface area contributed by atoms with Crippen molar-refractivity contribution in [1.82, 2.24) is 15.0 Å². The van der Waals surface area contributed by atoms with Gasteiger partial charge in [0, 0.05) is 40.9 Å². The van der Waals surface area contributed by atoms with E-state index >= 15 is 0 Å². The summed E-state index contributed by atoms with van der Waals surface area (Å²) in [7, 11) is 0. The number of rotatable bonds is 2. The minimum absolute atomic E-state index is 0.217. The maximum absolute atomic E-state index is 13.0. The van der Waals surface area contributed by atoms with E-state index in [0.29, 0.717) is 17.8 Å². The Hall–Kier alpha value is -3.93. The molecule has 2 aromatic carbocycles. The fourth-order valence-corrected chi connectivity index (χ4v) is 3.50. The Bertz CT molecular complexity index is 1260. The number of hydrogen-bond acceptors (Lipinski definition) is 5. The van der Waals surface area contributed by atoms with Crippen LogP contribution in [0.25, 0.3) is 21.8 Å². The third-order valence-corrected chi connectivity index (χ3v) is 4.85. The van der Waals surface area contributed by atoms with Gasteiger partial charge in [-0.1, -0.05) is 36.4 Å². The van der Waals surface area contributed by atoms with Gasteiger partial charge in [-0.25, -0.2) is 9.98 Å². The monoisotopic (exact) mass is 379 g/mol. The van der Waals surface area contributed by atoms with Crippen molar-refractivity contribution >= 4 is 44.9 Å². The number of aromatic nitrogens is 2. The van der Waals surface area contributed by atoms with E-state index in [1.807, 2.05) is 55.5 Å². The number of aliphatic imine (C=N–C) groups is 1. The van der Waals surface area contributed by atoms with E-state index in [1.165, 1.54) is 5.01 Å². The summed E-state index contributed by atoms with van der Waals surface area (Å²) in [6.45, 7) is 1.90. The molecule has 140 valence electrons. The molecule has 29 heavy (non-hydrogen) atoms. The first-order valence-electron chi connectivity index (χ1n) is 9.34. The van der Waals surface area contributed by atoms with Gasteiger partial charge in [-0.3, -0.25) is 9.78 Å². The molecule has 1 aliphatic heterocycles. The van der Waals surface area contributed by atoms with Crippen LogP contribution in [0.1, 0.15) is 23.7 Å². The summed E-state index contributed by atoms with van der Waals surface area (Å²) in [5.74, 6) is 0.386. The van der Waals surface area contributed by atoms with Crippen molar-refractivity contribution in [3.8, 4) is 0 Å². The molecule has 0 aliphatic carbocycles. The van der Waals surface area contributed by atoms with Crippen LogP contribution in [0.2, 0.25) is 0 Å². The zero-order valence-electron chi connectivity index (χ0n) is 15.8. The molecule has 0 atom stereocenters. The molecular formula is C23H17N5O. The highest BCUT2D eigenvalue weighted by Gasteiger charge is 2.27. The smallest absolute Gasteiger partial charge is 0.267 e. The molecule has 0 N–H and O–H groups in total.